The lowest BCUT2D eigenvalue weighted by Gasteiger charge is -2.46. The summed E-state index contributed by atoms with van der Waals surface area (Å²) in [6, 6.07) is 2.55. The summed E-state index contributed by atoms with van der Waals surface area (Å²) in [6.45, 7) is 0. The molecule has 1 saturated carbocycles. The summed E-state index contributed by atoms with van der Waals surface area (Å²) in [7, 11) is 0. The van der Waals surface area contributed by atoms with Crippen molar-refractivity contribution < 1.29 is 19.1 Å². The maximum absolute atomic E-state index is 12.7. The molecular formula is C15H18BrNO4. The van der Waals surface area contributed by atoms with Crippen molar-refractivity contribution in [3.8, 4) is 0 Å². The molecule has 1 aromatic rings. The third-order valence-corrected chi connectivity index (χ3v) is 5.10. The standard InChI is InChI=1S/C15H18BrNO4/c16-13-8-7-12(21-13)14(18)17-10-4-2-1-3-9(10)5-6-11(17)15(19)20/h7-11H,1-6H2,(H,19,20). The molecule has 1 amide bonds. The molecule has 1 N–H and O–H groups in total. The number of carbonyl (C=O) groups is 2. The Balaban J connectivity index is 1.92. The van der Waals surface area contributed by atoms with Gasteiger partial charge in [-0.2, -0.15) is 0 Å². The van der Waals surface area contributed by atoms with Crippen LogP contribution in [0.5, 0.6) is 0 Å². The van der Waals surface area contributed by atoms with E-state index >= 15 is 0 Å². The number of amides is 1. The lowest BCUT2D eigenvalue weighted by molar-refractivity contribution is -0.146. The van der Waals surface area contributed by atoms with Crippen LogP contribution in [0.15, 0.2) is 21.2 Å². The fraction of sp³-hybridized carbons (Fsp3) is 0.600. The average molecular weight is 356 g/mol. The molecule has 0 spiro atoms. The SMILES string of the molecule is O=C(O)C1CCC2CCCCC2N1C(=O)c1ccc(Br)o1. The van der Waals surface area contributed by atoms with Crippen LogP contribution >= 0.6 is 15.9 Å². The van der Waals surface area contributed by atoms with Crippen molar-refractivity contribution in [2.75, 3.05) is 0 Å². The van der Waals surface area contributed by atoms with Crippen LogP contribution in [0.4, 0.5) is 0 Å². The summed E-state index contributed by atoms with van der Waals surface area (Å²) in [5.41, 5.74) is 0. The van der Waals surface area contributed by atoms with E-state index in [-0.39, 0.29) is 17.7 Å². The summed E-state index contributed by atoms with van der Waals surface area (Å²) in [6.07, 6.45) is 5.63. The quantitative estimate of drug-likeness (QED) is 0.883. The lowest BCUT2D eigenvalue weighted by Crippen LogP contribution is -2.57. The summed E-state index contributed by atoms with van der Waals surface area (Å²) in [4.78, 5) is 25.8. The number of piperidine rings is 1. The molecule has 2 aliphatic rings. The molecule has 2 fully saturated rings. The number of furan rings is 1. The van der Waals surface area contributed by atoms with Crippen molar-refractivity contribution in [3.63, 3.8) is 0 Å². The third-order valence-electron chi connectivity index (χ3n) is 4.68. The summed E-state index contributed by atoms with van der Waals surface area (Å²) >= 11 is 3.18. The number of carboxylic acid groups (broad SMARTS) is 1. The molecule has 0 aromatic carbocycles. The smallest absolute Gasteiger partial charge is 0.326 e. The number of halogens is 1. The molecule has 6 heteroatoms. The summed E-state index contributed by atoms with van der Waals surface area (Å²) < 4.78 is 5.82. The number of hydrogen-bond donors (Lipinski definition) is 1. The van der Waals surface area contributed by atoms with Crippen LogP contribution in [0.3, 0.4) is 0 Å². The minimum absolute atomic E-state index is 0.0324. The number of aliphatic carboxylic acids is 1. The van der Waals surface area contributed by atoms with Gasteiger partial charge in [-0.3, -0.25) is 4.79 Å². The number of likely N-dealkylation sites (tertiary alicyclic amines) is 1. The maximum atomic E-state index is 12.7. The predicted octanol–water partition coefficient (Wildman–Crippen LogP) is 3.29. The first-order valence-corrected chi connectivity index (χ1v) is 8.18. The van der Waals surface area contributed by atoms with Gasteiger partial charge in [0.25, 0.3) is 5.91 Å². The van der Waals surface area contributed by atoms with Crippen LogP contribution in [-0.4, -0.2) is 34.0 Å². The molecule has 1 saturated heterocycles. The Labute approximate surface area is 131 Å². The molecule has 114 valence electrons. The Bertz CT molecular complexity index is 556. The van der Waals surface area contributed by atoms with Crippen LogP contribution < -0.4 is 0 Å². The normalized spacial score (nSPS) is 29.0. The highest BCUT2D eigenvalue weighted by atomic mass is 79.9. The van der Waals surface area contributed by atoms with Crippen molar-refractivity contribution in [2.24, 2.45) is 5.92 Å². The van der Waals surface area contributed by atoms with Gasteiger partial charge >= 0.3 is 5.97 Å². The fourth-order valence-electron chi connectivity index (χ4n) is 3.72. The van der Waals surface area contributed by atoms with E-state index in [9.17, 15) is 14.7 Å². The van der Waals surface area contributed by atoms with Crippen molar-refractivity contribution in [1.29, 1.82) is 0 Å². The minimum Gasteiger partial charge on any atom is -0.480 e. The van der Waals surface area contributed by atoms with E-state index in [1.165, 1.54) is 6.42 Å². The fourth-order valence-corrected chi connectivity index (χ4v) is 4.03. The second kappa shape index (κ2) is 5.83. The summed E-state index contributed by atoms with van der Waals surface area (Å²) in [5.74, 6) is -0.584. The minimum atomic E-state index is -0.919. The maximum Gasteiger partial charge on any atom is 0.326 e. The molecule has 3 atom stereocenters. The zero-order valence-corrected chi connectivity index (χ0v) is 13.2. The van der Waals surface area contributed by atoms with Crippen molar-refractivity contribution in [1.82, 2.24) is 4.90 Å². The molecule has 1 aromatic heterocycles. The van der Waals surface area contributed by atoms with Gasteiger partial charge in [0.1, 0.15) is 6.04 Å². The highest BCUT2D eigenvalue weighted by Gasteiger charge is 2.44. The first-order valence-electron chi connectivity index (χ1n) is 7.38. The van der Waals surface area contributed by atoms with E-state index in [0.29, 0.717) is 17.0 Å². The van der Waals surface area contributed by atoms with E-state index in [4.69, 9.17) is 4.42 Å². The van der Waals surface area contributed by atoms with Crippen LogP contribution in [-0.2, 0) is 4.79 Å². The molecule has 1 aliphatic heterocycles. The molecular weight excluding hydrogens is 338 g/mol. The van der Waals surface area contributed by atoms with Crippen molar-refractivity contribution in [2.45, 2.75) is 50.6 Å². The molecule has 0 radical (unpaired) electrons. The number of carbonyl (C=O) groups excluding carboxylic acids is 1. The van der Waals surface area contributed by atoms with Gasteiger partial charge in [-0.25, -0.2) is 4.79 Å². The molecule has 2 heterocycles. The average Bonchev–Trinajstić information content (AvgIpc) is 2.91. The largest absolute Gasteiger partial charge is 0.480 e. The van der Waals surface area contributed by atoms with Gasteiger partial charge in [-0.05, 0) is 59.7 Å². The van der Waals surface area contributed by atoms with E-state index in [2.05, 4.69) is 15.9 Å². The lowest BCUT2D eigenvalue weighted by atomic mass is 9.76. The molecule has 3 unspecified atom stereocenters. The van der Waals surface area contributed by atoms with Crippen molar-refractivity contribution >= 4 is 27.8 Å². The van der Waals surface area contributed by atoms with Crippen LogP contribution in [0.25, 0.3) is 0 Å². The molecule has 0 bridgehead atoms. The van der Waals surface area contributed by atoms with Gasteiger partial charge < -0.3 is 14.4 Å². The van der Waals surface area contributed by atoms with Gasteiger partial charge in [0.15, 0.2) is 10.4 Å². The van der Waals surface area contributed by atoms with E-state index < -0.39 is 12.0 Å². The first-order chi connectivity index (χ1) is 10.1. The van der Waals surface area contributed by atoms with E-state index in [1.54, 1.807) is 17.0 Å². The van der Waals surface area contributed by atoms with Gasteiger partial charge in [0.2, 0.25) is 0 Å². The second-order valence-corrected chi connectivity index (χ2v) is 6.64. The molecule has 21 heavy (non-hydrogen) atoms. The number of nitrogens with zero attached hydrogens (tertiary/aromatic N) is 1. The van der Waals surface area contributed by atoms with Crippen LogP contribution in [0.2, 0.25) is 0 Å². The zero-order chi connectivity index (χ0) is 15.0. The Morgan fingerprint density at radius 2 is 1.95 bits per heavy atom. The van der Waals surface area contributed by atoms with Crippen LogP contribution in [0, 0.1) is 5.92 Å². The Kier molecular flexibility index (Phi) is 4.06. The highest BCUT2D eigenvalue weighted by Crippen LogP contribution is 2.38. The number of carboxylic acids is 1. The number of fused-ring (bicyclic) bond motifs is 1. The van der Waals surface area contributed by atoms with E-state index in [0.717, 1.165) is 25.7 Å². The Hall–Kier alpha value is -1.30. The van der Waals surface area contributed by atoms with Crippen LogP contribution in [0.1, 0.15) is 49.1 Å². The zero-order valence-electron chi connectivity index (χ0n) is 11.6. The molecule has 1 aliphatic carbocycles. The second-order valence-electron chi connectivity index (χ2n) is 5.86. The topological polar surface area (TPSA) is 70.8 Å². The van der Waals surface area contributed by atoms with E-state index in [1.807, 2.05) is 0 Å². The van der Waals surface area contributed by atoms with Gasteiger partial charge in [-0.1, -0.05) is 12.8 Å². The Morgan fingerprint density at radius 3 is 2.62 bits per heavy atom. The third kappa shape index (κ3) is 2.73. The number of hydrogen-bond acceptors (Lipinski definition) is 3. The van der Waals surface area contributed by atoms with Gasteiger partial charge in [-0.15, -0.1) is 0 Å². The monoisotopic (exact) mass is 355 g/mol. The van der Waals surface area contributed by atoms with Gasteiger partial charge in [0, 0.05) is 6.04 Å². The van der Waals surface area contributed by atoms with Gasteiger partial charge in [0.05, 0.1) is 0 Å². The first kappa shape index (κ1) is 14.6. The highest BCUT2D eigenvalue weighted by molar-refractivity contribution is 9.10. The Morgan fingerprint density at radius 1 is 1.19 bits per heavy atom. The summed E-state index contributed by atoms with van der Waals surface area (Å²) in [5, 5.41) is 9.47. The number of rotatable bonds is 2. The molecule has 3 rings (SSSR count). The van der Waals surface area contributed by atoms with Crippen molar-refractivity contribution in [3.05, 3.63) is 22.6 Å². The predicted molar refractivity (Wildman–Crippen MR) is 79.0 cm³/mol. The molecule has 5 nitrogen and oxygen atoms in total.